The standard InChI is InChI=1S/C31H35NO4/c1-2-3-4-5-6-9-21-14-16-22(17-15-21)20-23-10-7-11-24-29(23)30-25(32-24)12-8-13-26(30)35-28-19-18-27(36-28)31(33)34/h7,10-12,14-19,23,26,32H,2-6,8-9,13,20H2,1H3,(H,33,34). The van der Waals surface area contributed by atoms with E-state index in [1.54, 1.807) is 6.07 Å². The summed E-state index contributed by atoms with van der Waals surface area (Å²) in [6, 6.07) is 12.2. The number of fused-ring (bicyclic) bond motifs is 3. The number of hydrogen-bond donors (Lipinski definition) is 2. The Bertz CT molecular complexity index is 1340. The van der Waals surface area contributed by atoms with Gasteiger partial charge in [-0.1, -0.05) is 75.1 Å². The Hall–Kier alpha value is -3.47. The number of unbranched alkanes of at least 4 members (excludes halogenated alkanes) is 4. The average molecular weight is 486 g/mol. The molecule has 0 bridgehead atoms. The van der Waals surface area contributed by atoms with Crippen LogP contribution in [0.15, 0.2) is 53.0 Å². The van der Waals surface area contributed by atoms with E-state index < -0.39 is 5.97 Å². The van der Waals surface area contributed by atoms with Gasteiger partial charge in [-0.25, -0.2) is 4.79 Å². The van der Waals surface area contributed by atoms with Gasteiger partial charge < -0.3 is 19.2 Å². The Morgan fingerprint density at radius 3 is 2.61 bits per heavy atom. The van der Waals surface area contributed by atoms with Gasteiger partial charge in [-0.2, -0.15) is 0 Å². The lowest BCUT2D eigenvalue weighted by Gasteiger charge is -2.24. The molecule has 0 spiro atoms. The van der Waals surface area contributed by atoms with E-state index in [2.05, 4.69) is 60.5 Å². The molecule has 0 amide bonds. The number of carboxylic acids is 1. The summed E-state index contributed by atoms with van der Waals surface area (Å²) in [5.74, 6) is -0.711. The van der Waals surface area contributed by atoms with Gasteiger partial charge in [0, 0.05) is 28.2 Å². The highest BCUT2D eigenvalue weighted by molar-refractivity contribution is 5.84. The van der Waals surface area contributed by atoms with Crippen molar-refractivity contribution in [2.45, 2.75) is 76.7 Å². The predicted molar refractivity (Wildman–Crippen MR) is 142 cm³/mol. The number of benzene rings is 1. The van der Waals surface area contributed by atoms with Crippen LogP contribution in [-0.2, 0) is 12.8 Å². The Morgan fingerprint density at radius 1 is 1.03 bits per heavy atom. The number of nitrogens with one attached hydrogen (secondary N) is 1. The highest BCUT2D eigenvalue weighted by atomic mass is 16.6. The van der Waals surface area contributed by atoms with Crippen LogP contribution in [0.25, 0.3) is 12.2 Å². The maximum atomic E-state index is 11.2. The number of aromatic carboxylic acids is 1. The molecule has 2 aliphatic carbocycles. The number of aromatic nitrogens is 1. The van der Waals surface area contributed by atoms with Gasteiger partial charge in [-0.3, -0.25) is 0 Å². The highest BCUT2D eigenvalue weighted by Gasteiger charge is 2.29. The van der Waals surface area contributed by atoms with Crippen LogP contribution in [0, 0.1) is 0 Å². The van der Waals surface area contributed by atoms with Crippen LogP contribution < -0.4 is 15.4 Å². The first-order valence-corrected chi connectivity index (χ1v) is 13.3. The Balaban J connectivity index is 1.32. The molecule has 0 saturated heterocycles. The fourth-order valence-electron chi connectivity index (χ4n) is 5.47. The zero-order valence-electron chi connectivity index (χ0n) is 21.0. The summed E-state index contributed by atoms with van der Waals surface area (Å²) in [6.07, 6.45) is 18.9. The maximum absolute atomic E-state index is 11.2. The first-order chi connectivity index (χ1) is 17.6. The summed E-state index contributed by atoms with van der Waals surface area (Å²) in [6.45, 7) is 2.26. The molecule has 5 rings (SSSR count). The molecule has 2 N–H and O–H groups in total. The normalized spacial score (nSPS) is 18.1. The van der Waals surface area contributed by atoms with Crippen LogP contribution in [0.4, 0.5) is 0 Å². The molecule has 2 aliphatic rings. The van der Waals surface area contributed by atoms with Crippen molar-refractivity contribution in [1.29, 1.82) is 0 Å². The molecule has 2 aromatic heterocycles. The second-order valence-electron chi connectivity index (χ2n) is 9.93. The van der Waals surface area contributed by atoms with Crippen molar-refractivity contribution >= 4 is 18.1 Å². The van der Waals surface area contributed by atoms with E-state index in [0.717, 1.165) is 36.4 Å². The van der Waals surface area contributed by atoms with E-state index in [0.29, 0.717) is 0 Å². The molecule has 5 heteroatoms. The maximum Gasteiger partial charge on any atom is 0.371 e. The molecule has 36 heavy (non-hydrogen) atoms. The molecule has 0 radical (unpaired) electrons. The third-order valence-corrected chi connectivity index (χ3v) is 7.31. The SMILES string of the molecule is CCCCCCCc1ccc(CC2C=CC=c3[nH]c4c(c32)C(Oc2ccc(C(=O)O)o2)CCC=4)cc1. The molecule has 0 saturated carbocycles. The van der Waals surface area contributed by atoms with Crippen molar-refractivity contribution in [2.24, 2.45) is 0 Å². The number of ether oxygens (including phenoxy) is 1. The van der Waals surface area contributed by atoms with Crippen LogP contribution in [-0.4, -0.2) is 16.1 Å². The number of allylic oxidation sites excluding steroid dienone is 2. The number of hydrogen-bond acceptors (Lipinski definition) is 3. The minimum atomic E-state index is -1.09. The largest absolute Gasteiger partial charge is 0.475 e. The Morgan fingerprint density at radius 2 is 1.83 bits per heavy atom. The van der Waals surface area contributed by atoms with Crippen molar-refractivity contribution in [3.63, 3.8) is 0 Å². The third kappa shape index (κ3) is 5.35. The monoisotopic (exact) mass is 485 g/mol. The van der Waals surface area contributed by atoms with Crippen LogP contribution >= 0.6 is 0 Å². The van der Waals surface area contributed by atoms with Gasteiger partial charge in [0.1, 0.15) is 6.10 Å². The Labute approximate surface area is 212 Å². The first-order valence-electron chi connectivity index (χ1n) is 13.3. The summed E-state index contributed by atoms with van der Waals surface area (Å²) in [5.41, 5.74) is 5.19. The van der Waals surface area contributed by atoms with Gasteiger partial charge in [0.05, 0.1) is 0 Å². The lowest BCUT2D eigenvalue weighted by atomic mass is 9.84. The topological polar surface area (TPSA) is 75.5 Å². The van der Waals surface area contributed by atoms with Crippen molar-refractivity contribution < 1.29 is 19.1 Å². The van der Waals surface area contributed by atoms with Crippen molar-refractivity contribution in [2.75, 3.05) is 0 Å². The molecule has 2 unspecified atom stereocenters. The molecule has 0 fully saturated rings. The summed E-state index contributed by atoms with van der Waals surface area (Å²) in [7, 11) is 0. The predicted octanol–water partition coefficient (Wildman–Crippen LogP) is 6.19. The number of carbonyl (C=O) groups is 1. The number of carboxylic acid groups (broad SMARTS) is 1. The summed E-state index contributed by atoms with van der Waals surface area (Å²) >= 11 is 0. The fourth-order valence-corrected chi connectivity index (χ4v) is 5.47. The molecule has 0 aliphatic heterocycles. The van der Waals surface area contributed by atoms with Crippen LogP contribution in [0.2, 0.25) is 0 Å². The number of aryl methyl sites for hydroxylation is 1. The second kappa shape index (κ2) is 11.1. The smallest absolute Gasteiger partial charge is 0.371 e. The van der Waals surface area contributed by atoms with Gasteiger partial charge in [-0.15, -0.1) is 0 Å². The average Bonchev–Trinajstić information content (AvgIpc) is 3.51. The zero-order chi connectivity index (χ0) is 24.9. The van der Waals surface area contributed by atoms with Gasteiger partial charge >= 0.3 is 5.97 Å². The summed E-state index contributed by atoms with van der Waals surface area (Å²) < 4.78 is 11.6. The van der Waals surface area contributed by atoms with E-state index in [1.165, 1.54) is 60.4 Å². The number of aromatic amines is 1. The number of rotatable bonds is 11. The molecular formula is C31H35NO4. The third-order valence-electron chi connectivity index (χ3n) is 7.31. The molecule has 1 aromatic carbocycles. The second-order valence-corrected chi connectivity index (χ2v) is 9.93. The zero-order valence-corrected chi connectivity index (χ0v) is 21.0. The van der Waals surface area contributed by atoms with E-state index in [-0.39, 0.29) is 23.7 Å². The quantitative estimate of drug-likeness (QED) is 0.318. The highest BCUT2D eigenvalue weighted by Crippen LogP contribution is 2.34. The lowest BCUT2D eigenvalue weighted by Crippen LogP contribution is -2.23. The van der Waals surface area contributed by atoms with Gasteiger partial charge in [-0.05, 0) is 60.9 Å². The minimum absolute atomic E-state index is 0.109. The van der Waals surface area contributed by atoms with E-state index in [1.807, 2.05) is 0 Å². The van der Waals surface area contributed by atoms with Gasteiger partial charge in [0.2, 0.25) is 5.76 Å². The van der Waals surface area contributed by atoms with Crippen LogP contribution in [0.3, 0.4) is 0 Å². The molecule has 2 heterocycles. The number of furan rings is 1. The van der Waals surface area contributed by atoms with Crippen LogP contribution in [0.5, 0.6) is 5.95 Å². The van der Waals surface area contributed by atoms with Crippen molar-refractivity contribution in [1.82, 2.24) is 4.98 Å². The lowest BCUT2D eigenvalue weighted by molar-refractivity contribution is 0.0643. The summed E-state index contributed by atoms with van der Waals surface area (Å²) in [4.78, 5) is 14.8. The van der Waals surface area contributed by atoms with Gasteiger partial charge in [0.25, 0.3) is 5.95 Å². The van der Waals surface area contributed by atoms with Crippen molar-refractivity contribution in [3.05, 3.63) is 87.3 Å². The minimum Gasteiger partial charge on any atom is -0.475 e. The molecular weight excluding hydrogens is 450 g/mol. The molecule has 3 aromatic rings. The van der Waals surface area contributed by atoms with E-state index >= 15 is 0 Å². The van der Waals surface area contributed by atoms with Crippen molar-refractivity contribution in [3.8, 4) is 5.95 Å². The van der Waals surface area contributed by atoms with E-state index in [9.17, 15) is 9.90 Å². The molecule has 5 nitrogen and oxygen atoms in total. The van der Waals surface area contributed by atoms with E-state index in [4.69, 9.17) is 9.15 Å². The molecule has 188 valence electrons. The fraction of sp³-hybridized carbons (Fsp3) is 0.387. The summed E-state index contributed by atoms with van der Waals surface area (Å²) in [5, 5.41) is 11.4. The van der Waals surface area contributed by atoms with Crippen LogP contribution in [0.1, 0.15) is 96.7 Å². The first kappa shape index (κ1) is 24.2. The molecule has 2 atom stereocenters. The Kier molecular flexibility index (Phi) is 7.45. The number of H-pyrrole nitrogens is 1. The van der Waals surface area contributed by atoms with Gasteiger partial charge in [0.15, 0.2) is 0 Å².